The van der Waals surface area contributed by atoms with Crippen LogP contribution in [0.15, 0.2) is 29.4 Å². The molecule has 0 unspecified atom stereocenters. The summed E-state index contributed by atoms with van der Waals surface area (Å²) in [6.45, 7) is 1.47. The first kappa shape index (κ1) is 15.4. The van der Waals surface area contributed by atoms with Crippen molar-refractivity contribution in [3.05, 3.63) is 29.8 Å². The summed E-state index contributed by atoms with van der Waals surface area (Å²) < 4.78 is 10.0. The van der Waals surface area contributed by atoms with Gasteiger partial charge in [-0.1, -0.05) is 0 Å². The number of nitrogens with zero attached hydrogens (tertiary/aromatic N) is 1. The van der Waals surface area contributed by atoms with Crippen LogP contribution in [0.1, 0.15) is 12.0 Å². The van der Waals surface area contributed by atoms with Crippen LogP contribution in [0.5, 0.6) is 5.75 Å². The lowest BCUT2D eigenvalue weighted by Crippen LogP contribution is -2.33. The second-order valence-corrected chi connectivity index (χ2v) is 4.15. The van der Waals surface area contributed by atoms with Crippen LogP contribution >= 0.6 is 12.2 Å². The van der Waals surface area contributed by atoms with Gasteiger partial charge in [-0.25, -0.2) is 0 Å². The third kappa shape index (κ3) is 6.73. The number of benzene rings is 1. The van der Waals surface area contributed by atoms with Crippen molar-refractivity contribution in [2.24, 2.45) is 5.10 Å². The number of methoxy groups -OCH3 is 2. The van der Waals surface area contributed by atoms with Gasteiger partial charge in [0.2, 0.25) is 0 Å². The fourth-order valence-corrected chi connectivity index (χ4v) is 1.47. The number of thiocarbonyl (C=S) groups is 1. The van der Waals surface area contributed by atoms with Gasteiger partial charge in [-0.3, -0.25) is 5.43 Å². The van der Waals surface area contributed by atoms with Crippen molar-refractivity contribution in [2.45, 2.75) is 6.42 Å². The van der Waals surface area contributed by atoms with Crippen LogP contribution in [0.2, 0.25) is 0 Å². The number of hydrazone groups is 1. The van der Waals surface area contributed by atoms with Crippen LogP contribution in [0.3, 0.4) is 0 Å². The molecule has 0 saturated carbocycles. The highest BCUT2D eigenvalue weighted by Crippen LogP contribution is 2.09. The van der Waals surface area contributed by atoms with E-state index in [1.54, 1.807) is 20.4 Å². The molecule has 1 aromatic rings. The Labute approximate surface area is 119 Å². The molecular formula is C13H19N3O2S. The first-order valence-corrected chi connectivity index (χ1v) is 6.37. The second-order valence-electron chi connectivity index (χ2n) is 3.75. The fraction of sp³-hybridized carbons (Fsp3) is 0.385. The van der Waals surface area contributed by atoms with Crippen molar-refractivity contribution in [3.8, 4) is 5.75 Å². The first-order valence-electron chi connectivity index (χ1n) is 5.96. The fourth-order valence-electron chi connectivity index (χ4n) is 1.31. The number of hydrogen-bond donors (Lipinski definition) is 2. The van der Waals surface area contributed by atoms with E-state index in [0.717, 1.165) is 24.3 Å². The van der Waals surface area contributed by atoms with Crippen LogP contribution in [0.25, 0.3) is 0 Å². The monoisotopic (exact) mass is 281 g/mol. The summed E-state index contributed by atoms with van der Waals surface area (Å²) in [6, 6.07) is 7.59. The van der Waals surface area contributed by atoms with Crippen LogP contribution in [0, 0.1) is 0 Å². The number of nitrogens with one attached hydrogen (secondary N) is 2. The summed E-state index contributed by atoms with van der Waals surface area (Å²) in [4.78, 5) is 0. The van der Waals surface area contributed by atoms with Gasteiger partial charge in [-0.05, 0) is 48.5 Å². The molecule has 0 aliphatic carbocycles. The van der Waals surface area contributed by atoms with E-state index in [2.05, 4.69) is 15.8 Å². The van der Waals surface area contributed by atoms with Crippen molar-refractivity contribution in [1.82, 2.24) is 10.7 Å². The molecule has 5 nitrogen and oxygen atoms in total. The molecule has 0 spiro atoms. The zero-order valence-electron chi connectivity index (χ0n) is 11.2. The van der Waals surface area contributed by atoms with Crippen molar-refractivity contribution >= 4 is 23.5 Å². The number of rotatable bonds is 7. The Balaban J connectivity index is 2.26. The van der Waals surface area contributed by atoms with Crippen LogP contribution in [-0.4, -0.2) is 38.7 Å². The summed E-state index contributed by atoms with van der Waals surface area (Å²) >= 11 is 5.06. The molecule has 2 N–H and O–H groups in total. The summed E-state index contributed by atoms with van der Waals surface area (Å²) in [5.74, 6) is 0.820. The Hall–Kier alpha value is -1.66. The molecule has 0 aliphatic heterocycles. The molecule has 0 aliphatic rings. The Morgan fingerprint density at radius 3 is 2.68 bits per heavy atom. The minimum absolute atomic E-state index is 0.501. The van der Waals surface area contributed by atoms with Gasteiger partial charge in [0.05, 0.1) is 13.3 Å². The quantitative estimate of drug-likeness (QED) is 0.343. The minimum atomic E-state index is 0.501. The summed E-state index contributed by atoms with van der Waals surface area (Å²) in [5.41, 5.74) is 3.72. The van der Waals surface area contributed by atoms with E-state index in [1.807, 2.05) is 24.3 Å². The van der Waals surface area contributed by atoms with E-state index in [0.29, 0.717) is 11.7 Å². The van der Waals surface area contributed by atoms with E-state index in [4.69, 9.17) is 21.7 Å². The van der Waals surface area contributed by atoms with Gasteiger partial charge in [0.25, 0.3) is 0 Å². The normalized spacial score (nSPS) is 10.4. The van der Waals surface area contributed by atoms with Gasteiger partial charge in [-0.15, -0.1) is 0 Å². The molecule has 0 radical (unpaired) electrons. The molecule has 19 heavy (non-hydrogen) atoms. The van der Waals surface area contributed by atoms with E-state index >= 15 is 0 Å². The average molecular weight is 281 g/mol. The van der Waals surface area contributed by atoms with E-state index in [9.17, 15) is 0 Å². The number of ether oxygens (including phenoxy) is 2. The highest BCUT2D eigenvalue weighted by atomic mass is 32.1. The maximum atomic E-state index is 5.07. The highest BCUT2D eigenvalue weighted by Gasteiger charge is 1.93. The van der Waals surface area contributed by atoms with E-state index in [-0.39, 0.29) is 0 Å². The topological polar surface area (TPSA) is 54.9 Å². The molecule has 0 heterocycles. The van der Waals surface area contributed by atoms with Crippen molar-refractivity contribution in [1.29, 1.82) is 0 Å². The Kier molecular flexibility index (Phi) is 7.53. The zero-order chi connectivity index (χ0) is 13.9. The lowest BCUT2D eigenvalue weighted by Gasteiger charge is -2.06. The SMILES string of the molecule is COCCCNC(=S)N/N=C\c1ccc(OC)cc1. The first-order chi connectivity index (χ1) is 9.26. The highest BCUT2D eigenvalue weighted by molar-refractivity contribution is 7.80. The zero-order valence-corrected chi connectivity index (χ0v) is 12.0. The Morgan fingerprint density at radius 1 is 1.32 bits per heavy atom. The molecular weight excluding hydrogens is 262 g/mol. The second kappa shape index (κ2) is 9.29. The van der Waals surface area contributed by atoms with Gasteiger partial charge < -0.3 is 14.8 Å². The maximum Gasteiger partial charge on any atom is 0.186 e. The molecule has 1 aromatic carbocycles. The Morgan fingerprint density at radius 2 is 2.05 bits per heavy atom. The largest absolute Gasteiger partial charge is 0.497 e. The molecule has 1 rings (SSSR count). The molecule has 6 heteroatoms. The van der Waals surface area contributed by atoms with Gasteiger partial charge in [0.15, 0.2) is 5.11 Å². The van der Waals surface area contributed by atoms with Crippen molar-refractivity contribution in [3.63, 3.8) is 0 Å². The standard InChI is InChI=1S/C13H19N3O2S/c1-17-9-3-8-14-13(19)16-15-10-11-4-6-12(18-2)7-5-11/h4-7,10H,3,8-9H2,1-2H3,(H2,14,16,19)/b15-10-. The number of hydrogen-bond acceptors (Lipinski definition) is 4. The molecule has 0 saturated heterocycles. The third-order valence-electron chi connectivity index (χ3n) is 2.31. The van der Waals surface area contributed by atoms with Crippen molar-refractivity contribution < 1.29 is 9.47 Å². The van der Waals surface area contributed by atoms with Gasteiger partial charge >= 0.3 is 0 Å². The lowest BCUT2D eigenvalue weighted by molar-refractivity contribution is 0.195. The van der Waals surface area contributed by atoms with Crippen LogP contribution in [0.4, 0.5) is 0 Å². The third-order valence-corrected chi connectivity index (χ3v) is 2.54. The lowest BCUT2D eigenvalue weighted by atomic mass is 10.2. The minimum Gasteiger partial charge on any atom is -0.497 e. The summed E-state index contributed by atoms with van der Waals surface area (Å²) in [7, 11) is 3.31. The predicted octanol–water partition coefficient (Wildman–Crippen LogP) is 1.53. The molecule has 0 fully saturated rings. The van der Waals surface area contributed by atoms with E-state index < -0.39 is 0 Å². The molecule has 0 amide bonds. The van der Waals surface area contributed by atoms with Gasteiger partial charge in [0.1, 0.15) is 5.75 Å². The maximum absolute atomic E-state index is 5.07. The van der Waals surface area contributed by atoms with Gasteiger partial charge in [0, 0.05) is 20.3 Å². The average Bonchev–Trinajstić information content (AvgIpc) is 2.44. The molecule has 0 aromatic heterocycles. The smallest absolute Gasteiger partial charge is 0.186 e. The Bertz CT molecular complexity index is 407. The van der Waals surface area contributed by atoms with Crippen LogP contribution < -0.4 is 15.5 Å². The molecule has 0 atom stereocenters. The van der Waals surface area contributed by atoms with Gasteiger partial charge in [-0.2, -0.15) is 5.10 Å². The predicted molar refractivity (Wildman–Crippen MR) is 80.8 cm³/mol. The van der Waals surface area contributed by atoms with Crippen LogP contribution in [-0.2, 0) is 4.74 Å². The molecule has 0 bridgehead atoms. The van der Waals surface area contributed by atoms with Crippen molar-refractivity contribution in [2.75, 3.05) is 27.4 Å². The summed E-state index contributed by atoms with van der Waals surface area (Å²) in [6.07, 6.45) is 2.60. The van der Waals surface area contributed by atoms with E-state index in [1.165, 1.54) is 0 Å². The summed E-state index contributed by atoms with van der Waals surface area (Å²) in [5, 5.41) is 7.57. The molecule has 104 valence electrons.